The molecule has 4 nitrogen and oxygen atoms in total. The average molecular weight is 356 g/mol. The number of hydrogen-bond donors (Lipinski definition) is 1. The minimum atomic E-state index is -0.0741. The molecule has 2 heterocycles. The van der Waals surface area contributed by atoms with Crippen LogP contribution in [-0.4, -0.2) is 10.5 Å². The second kappa shape index (κ2) is 7.38. The van der Waals surface area contributed by atoms with E-state index in [1.54, 1.807) is 0 Å². The Labute approximate surface area is 158 Å². The van der Waals surface area contributed by atoms with E-state index < -0.39 is 0 Å². The Morgan fingerprint density at radius 2 is 1.48 bits per heavy atom. The van der Waals surface area contributed by atoms with Gasteiger partial charge in [0.15, 0.2) is 0 Å². The summed E-state index contributed by atoms with van der Waals surface area (Å²) in [6.45, 7) is 1.92. The van der Waals surface area contributed by atoms with E-state index in [-0.39, 0.29) is 5.91 Å². The number of nitrogens with zero attached hydrogens (tertiary/aromatic N) is 1. The summed E-state index contributed by atoms with van der Waals surface area (Å²) >= 11 is 0. The second-order valence-corrected chi connectivity index (χ2v) is 6.32. The van der Waals surface area contributed by atoms with Gasteiger partial charge in [-0.05, 0) is 17.7 Å². The van der Waals surface area contributed by atoms with E-state index in [1.165, 1.54) is 6.92 Å². The van der Waals surface area contributed by atoms with Crippen LogP contribution in [0.15, 0.2) is 89.6 Å². The van der Waals surface area contributed by atoms with Crippen molar-refractivity contribution in [3.05, 3.63) is 90.8 Å². The molecule has 4 aromatic rings. The Hall–Kier alpha value is -3.53. The van der Waals surface area contributed by atoms with Crippen molar-refractivity contribution in [3.63, 3.8) is 0 Å². The largest absolute Gasteiger partial charge is 0.439 e. The zero-order valence-electron chi connectivity index (χ0n) is 15.1. The van der Waals surface area contributed by atoms with E-state index in [0.717, 1.165) is 28.0 Å². The summed E-state index contributed by atoms with van der Waals surface area (Å²) < 4.78 is 8.32. The van der Waals surface area contributed by atoms with Gasteiger partial charge in [-0.3, -0.25) is 9.36 Å². The molecule has 2 aromatic heterocycles. The Morgan fingerprint density at radius 3 is 2.07 bits per heavy atom. The molecule has 4 rings (SSSR count). The number of carbonyl (C=O) groups is 1. The molecular weight excluding hydrogens is 336 g/mol. The van der Waals surface area contributed by atoms with Gasteiger partial charge in [0.05, 0.1) is 0 Å². The molecule has 0 aliphatic rings. The Kier molecular flexibility index (Phi) is 4.62. The number of benzene rings is 2. The van der Waals surface area contributed by atoms with Gasteiger partial charge in [0.25, 0.3) is 0 Å². The van der Waals surface area contributed by atoms with Crippen molar-refractivity contribution in [2.75, 3.05) is 0 Å². The fourth-order valence-corrected chi connectivity index (χ4v) is 3.21. The van der Waals surface area contributed by atoms with Crippen molar-refractivity contribution in [2.45, 2.75) is 13.5 Å². The topological polar surface area (TPSA) is 47.2 Å². The molecule has 0 radical (unpaired) electrons. The molecule has 0 spiro atoms. The van der Waals surface area contributed by atoms with E-state index in [2.05, 4.69) is 17.4 Å². The van der Waals surface area contributed by atoms with Gasteiger partial charge in [0, 0.05) is 42.6 Å². The molecule has 0 saturated carbocycles. The third-order valence-corrected chi connectivity index (χ3v) is 4.44. The molecular formula is C23H20N2O2. The fourth-order valence-electron chi connectivity index (χ4n) is 3.21. The van der Waals surface area contributed by atoms with Crippen LogP contribution in [0.5, 0.6) is 0 Å². The summed E-state index contributed by atoms with van der Waals surface area (Å²) in [4.78, 5) is 11.6. The highest BCUT2D eigenvalue weighted by atomic mass is 16.4. The molecule has 0 atom stereocenters. The zero-order valence-corrected chi connectivity index (χ0v) is 15.1. The second-order valence-electron chi connectivity index (χ2n) is 6.32. The van der Waals surface area contributed by atoms with Gasteiger partial charge in [-0.2, -0.15) is 0 Å². The van der Waals surface area contributed by atoms with E-state index in [1.807, 2.05) is 77.6 Å². The van der Waals surface area contributed by atoms with Gasteiger partial charge >= 0.3 is 0 Å². The molecule has 0 aliphatic heterocycles. The molecule has 0 fully saturated rings. The number of carbonyl (C=O) groups excluding carboxylic acids is 1. The standard InChI is InChI=1S/C23H20N2O2/c1-17(26)24-16-20-21(18-10-4-2-5-11-18)22(19-12-6-3-7-13-19)27-23(20)25-14-8-9-15-25/h2-15H,16H2,1H3,(H,24,26). The number of rotatable bonds is 5. The van der Waals surface area contributed by atoms with Crippen LogP contribution in [0.3, 0.4) is 0 Å². The fraction of sp³-hybridized carbons (Fsp3) is 0.0870. The van der Waals surface area contributed by atoms with Crippen LogP contribution in [0, 0.1) is 0 Å². The maximum atomic E-state index is 11.6. The van der Waals surface area contributed by atoms with Crippen LogP contribution in [0.25, 0.3) is 28.3 Å². The highest BCUT2D eigenvalue weighted by Gasteiger charge is 2.23. The van der Waals surface area contributed by atoms with Crippen LogP contribution < -0.4 is 5.32 Å². The van der Waals surface area contributed by atoms with Crippen molar-refractivity contribution in [2.24, 2.45) is 0 Å². The molecule has 0 unspecified atom stereocenters. The van der Waals surface area contributed by atoms with E-state index in [9.17, 15) is 4.79 Å². The smallest absolute Gasteiger partial charge is 0.217 e. The quantitative estimate of drug-likeness (QED) is 0.544. The lowest BCUT2D eigenvalue weighted by Gasteiger charge is -2.08. The zero-order chi connectivity index (χ0) is 18.6. The van der Waals surface area contributed by atoms with Gasteiger partial charge in [-0.1, -0.05) is 60.7 Å². The minimum Gasteiger partial charge on any atom is -0.439 e. The first-order valence-corrected chi connectivity index (χ1v) is 8.88. The minimum absolute atomic E-state index is 0.0741. The molecule has 4 heteroatoms. The van der Waals surface area contributed by atoms with Crippen molar-refractivity contribution in [1.29, 1.82) is 0 Å². The first-order chi connectivity index (χ1) is 13.2. The number of nitrogens with one attached hydrogen (secondary N) is 1. The molecule has 0 aliphatic carbocycles. The summed E-state index contributed by atoms with van der Waals surface area (Å²) in [7, 11) is 0. The lowest BCUT2D eigenvalue weighted by Crippen LogP contribution is -2.19. The van der Waals surface area contributed by atoms with E-state index in [0.29, 0.717) is 12.4 Å². The highest BCUT2D eigenvalue weighted by molar-refractivity contribution is 5.85. The van der Waals surface area contributed by atoms with Gasteiger partial charge in [-0.25, -0.2) is 0 Å². The molecule has 1 N–H and O–H groups in total. The lowest BCUT2D eigenvalue weighted by atomic mass is 9.97. The predicted octanol–water partition coefficient (Wildman–Crippen LogP) is 5.04. The van der Waals surface area contributed by atoms with Gasteiger partial charge < -0.3 is 9.73 Å². The van der Waals surface area contributed by atoms with Crippen molar-refractivity contribution in [1.82, 2.24) is 9.88 Å². The maximum Gasteiger partial charge on any atom is 0.217 e. The van der Waals surface area contributed by atoms with Crippen LogP contribution in [0.2, 0.25) is 0 Å². The van der Waals surface area contributed by atoms with Gasteiger partial charge in [0.1, 0.15) is 5.76 Å². The Bertz CT molecular complexity index is 1030. The number of aromatic nitrogens is 1. The third-order valence-electron chi connectivity index (χ3n) is 4.44. The monoisotopic (exact) mass is 356 g/mol. The summed E-state index contributed by atoms with van der Waals surface area (Å²) in [6.07, 6.45) is 3.89. The first kappa shape index (κ1) is 16.9. The molecule has 2 aromatic carbocycles. The average Bonchev–Trinajstić information content (AvgIpc) is 3.35. The van der Waals surface area contributed by atoms with Crippen LogP contribution in [0.1, 0.15) is 12.5 Å². The maximum absolute atomic E-state index is 11.6. The Morgan fingerprint density at radius 1 is 0.889 bits per heavy atom. The summed E-state index contributed by atoms with van der Waals surface area (Å²) in [5.74, 6) is 1.44. The number of furan rings is 1. The molecule has 0 bridgehead atoms. The van der Waals surface area contributed by atoms with Crippen LogP contribution >= 0.6 is 0 Å². The number of hydrogen-bond acceptors (Lipinski definition) is 2. The molecule has 134 valence electrons. The van der Waals surface area contributed by atoms with Gasteiger partial charge in [-0.15, -0.1) is 0 Å². The molecule has 27 heavy (non-hydrogen) atoms. The third kappa shape index (κ3) is 3.42. The molecule has 1 amide bonds. The van der Waals surface area contributed by atoms with Crippen molar-refractivity contribution >= 4 is 5.91 Å². The SMILES string of the molecule is CC(=O)NCc1c(-n2cccc2)oc(-c2ccccc2)c1-c1ccccc1. The van der Waals surface area contributed by atoms with Crippen molar-refractivity contribution < 1.29 is 9.21 Å². The highest BCUT2D eigenvalue weighted by Crippen LogP contribution is 2.40. The van der Waals surface area contributed by atoms with E-state index >= 15 is 0 Å². The normalized spacial score (nSPS) is 10.7. The van der Waals surface area contributed by atoms with Crippen LogP contribution in [-0.2, 0) is 11.3 Å². The predicted molar refractivity (Wildman–Crippen MR) is 106 cm³/mol. The lowest BCUT2D eigenvalue weighted by molar-refractivity contribution is -0.119. The summed E-state index contributed by atoms with van der Waals surface area (Å²) in [5, 5.41) is 2.93. The van der Waals surface area contributed by atoms with Gasteiger partial charge in [0.2, 0.25) is 11.8 Å². The Balaban J connectivity index is 1.98. The first-order valence-electron chi connectivity index (χ1n) is 8.88. The van der Waals surface area contributed by atoms with Crippen molar-refractivity contribution in [3.8, 4) is 28.3 Å². The van der Waals surface area contributed by atoms with Crippen LogP contribution in [0.4, 0.5) is 0 Å². The van der Waals surface area contributed by atoms with E-state index in [4.69, 9.17) is 4.42 Å². The summed E-state index contributed by atoms with van der Waals surface area (Å²) in [6, 6.07) is 24.1. The number of amides is 1. The summed E-state index contributed by atoms with van der Waals surface area (Å²) in [5.41, 5.74) is 4.00. The molecule has 0 saturated heterocycles.